The molecule has 0 radical (unpaired) electrons. The molecule has 0 saturated carbocycles. The molecular weight excluding hydrogens is 206 g/mol. The lowest BCUT2D eigenvalue weighted by atomic mass is 10.2. The van der Waals surface area contributed by atoms with Crippen molar-refractivity contribution in [1.82, 2.24) is 9.97 Å². The van der Waals surface area contributed by atoms with E-state index in [9.17, 15) is 0 Å². The van der Waals surface area contributed by atoms with E-state index < -0.39 is 0 Å². The zero-order chi connectivity index (χ0) is 9.26. The number of hydrogen-bond acceptors (Lipinski definition) is 4. The van der Waals surface area contributed by atoms with Gasteiger partial charge in [-0.15, -0.1) is 11.3 Å². The quantitative estimate of drug-likeness (QED) is 0.738. The SMILES string of the molecule is Nc1ccc(Cl)nc1-c1cscn1. The monoisotopic (exact) mass is 211 g/mol. The van der Waals surface area contributed by atoms with Crippen molar-refractivity contribution in [3.63, 3.8) is 0 Å². The van der Waals surface area contributed by atoms with Crippen molar-refractivity contribution in [3.8, 4) is 11.4 Å². The van der Waals surface area contributed by atoms with Crippen LogP contribution in [0.1, 0.15) is 0 Å². The van der Waals surface area contributed by atoms with Gasteiger partial charge in [0.2, 0.25) is 0 Å². The van der Waals surface area contributed by atoms with E-state index in [2.05, 4.69) is 9.97 Å². The Kier molecular flexibility index (Phi) is 2.16. The van der Waals surface area contributed by atoms with E-state index in [1.165, 1.54) is 11.3 Å². The van der Waals surface area contributed by atoms with Crippen LogP contribution in [0, 0.1) is 0 Å². The summed E-state index contributed by atoms with van der Waals surface area (Å²) in [6.45, 7) is 0. The zero-order valence-electron chi connectivity index (χ0n) is 6.57. The minimum Gasteiger partial charge on any atom is -0.397 e. The average Bonchev–Trinajstić information content (AvgIpc) is 2.61. The Labute approximate surface area is 84.2 Å². The molecule has 2 rings (SSSR count). The third kappa shape index (κ3) is 1.64. The molecule has 5 heteroatoms. The lowest BCUT2D eigenvalue weighted by molar-refractivity contribution is 1.28. The van der Waals surface area contributed by atoms with Gasteiger partial charge in [-0.3, -0.25) is 0 Å². The lowest BCUT2D eigenvalue weighted by Gasteiger charge is -2.00. The first-order chi connectivity index (χ1) is 6.27. The van der Waals surface area contributed by atoms with Gasteiger partial charge in [0.25, 0.3) is 0 Å². The highest BCUT2D eigenvalue weighted by molar-refractivity contribution is 7.07. The van der Waals surface area contributed by atoms with Crippen LogP contribution in [0.25, 0.3) is 11.4 Å². The molecule has 2 N–H and O–H groups in total. The molecule has 0 aliphatic heterocycles. The summed E-state index contributed by atoms with van der Waals surface area (Å²) < 4.78 is 0. The molecular formula is C8H6ClN3S. The molecule has 0 aliphatic carbocycles. The normalized spacial score (nSPS) is 10.2. The van der Waals surface area contributed by atoms with Crippen LogP contribution in [0.4, 0.5) is 5.69 Å². The number of halogens is 1. The van der Waals surface area contributed by atoms with E-state index in [0.717, 1.165) is 5.69 Å². The Morgan fingerprint density at radius 3 is 2.92 bits per heavy atom. The van der Waals surface area contributed by atoms with Crippen LogP contribution in [0.15, 0.2) is 23.0 Å². The van der Waals surface area contributed by atoms with E-state index in [0.29, 0.717) is 16.5 Å². The van der Waals surface area contributed by atoms with Crippen LogP contribution in [-0.4, -0.2) is 9.97 Å². The summed E-state index contributed by atoms with van der Waals surface area (Å²) in [6, 6.07) is 3.39. The highest BCUT2D eigenvalue weighted by atomic mass is 35.5. The van der Waals surface area contributed by atoms with Gasteiger partial charge in [-0.25, -0.2) is 9.97 Å². The predicted octanol–water partition coefficient (Wildman–Crippen LogP) is 2.44. The van der Waals surface area contributed by atoms with Crippen molar-refractivity contribution in [2.24, 2.45) is 0 Å². The molecule has 2 aromatic rings. The summed E-state index contributed by atoms with van der Waals surface area (Å²) in [5.74, 6) is 0. The molecule has 0 atom stereocenters. The molecule has 0 aliphatic rings. The van der Waals surface area contributed by atoms with Gasteiger partial charge in [0, 0.05) is 5.38 Å². The number of nitrogens with zero attached hydrogens (tertiary/aromatic N) is 2. The van der Waals surface area contributed by atoms with Crippen molar-refractivity contribution >= 4 is 28.6 Å². The Balaban J connectivity index is 2.57. The lowest BCUT2D eigenvalue weighted by Crippen LogP contribution is -1.93. The van der Waals surface area contributed by atoms with E-state index in [1.807, 2.05) is 5.38 Å². The number of thiazole rings is 1. The van der Waals surface area contributed by atoms with Crippen molar-refractivity contribution < 1.29 is 0 Å². The summed E-state index contributed by atoms with van der Waals surface area (Å²) in [7, 11) is 0. The Bertz CT molecular complexity index is 413. The molecule has 0 spiro atoms. The first-order valence-electron chi connectivity index (χ1n) is 3.58. The fraction of sp³-hybridized carbons (Fsp3) is 0. The van der Waals surface area contributed by atoms with E-state index in [1.54, 1.807) is 17.6 Å². The molecule has 13 heavy (non-hydrogen) atoms. The summed E-state index contributed by atoms with van der Waals surface area (Å²) >= 11 is 7.24. The minimum atomic E-state index is 0.428. The fourth-order valence-corrected chi connectivity index (χ4v) is 1.66. The van der Waals surface area contributed by atoms with Gasteiger partial charge in [0.1, 0.15) is 16.5 Å². The molecule has 0 saturated heterocycles. The minimum absolute atomic E-state index is 0.428. The zero-order valence-corrected chi connectivity index (χ0v) is 8.14. The van der Waals surface area contributed by atoms with Gasteiger partial charge in [-0.05, 0) is 12.1 Å². The van der Waals surface area contributed by atoms with Crippen LogP contribution in [0.3, 0.4) is 0 Å². The highest BCUT2D eigenvalue weighted by Crippen LogP contribution is 2.24. The Hall–Kier alpha value is -1.13. The summed E-state index contributed by atoms with van der Waals surface area (Å²) in [5, 5.41) is 2.31. The van der Waals surface area contributed by atoms with E-state index in [4.69, 9.17) is 17.3 Å². The smallest absolute Gasteiger partial charge is 0.130 e. The second kappa shape index (κ2) is 3.32. The number of rotatable bonds is 1. The number of hydrogen-bond donors (Lipinski definition) is 1. The van der Waals surface area contributed by atoms with Gasteiger partial charge >= 0.3 is 0 Å². The molecule has 0 fully saturated rings. The molecule has 3 nitrogen and oxygen atoms in total. The standard InChI is InChI=1S/C8H6ClN3S/c9-7-2-1-5(10)8(12-7)6-3-13-4-11-6/h1-4H,10H2. The fourth-order valence-electron chi connectivity index (χ4n) is 0.981. The van der Waals surface area contributed by atoms with Crippen LogP contribution in [-0.2, 0) is 0 Å². The molecule has 0 unspecified atom stereocenters. The van der Waals surface area contributed by atoms with Gasteiger partial charge in [-0.1, -0.05) is 11.6 Å². The van der Waals surface area contributed by atoms with Crippen LogP contribution < -0.4 is 5.73 Å². The number of aromatic nitrogens is 2. The van der Waals surface area contributed by atoms with Crippen molar-refractivity contribution in [2.45, 2.75) is 0 Å². The Morgan fingerprint density at radius 1 is 1.38 bits per heavy atom. The number of nitrogens with two attached hydrogens (primary N) is 1. The first kappa shape index (κ1) is 8.47. The van der Waals surface area contributed by atoms with Gasteiger partial charge in [0.05, 0.1) is 11.2 Å². The average molecular weight is 212 g/mol. The van der Waals surface area contributed by atoms with Crippen LogP contribution >= 0.6 is 22.9 Å². The first-order valence-corrected chi connectivity index (χ1v) is 4.90. The van der Waals surface area contributed by atoms with Crippen LogP contribution in [0.2, 0.25) is 5.15 Å². The molecule has 0 aromatic carbocycles. The van der Waals surface area contributed by atoms with Gasteiger partial charge in [-0.2, -0.15) is 0 Å². The maximum atomic E-state index is 5.74. The maximum Gasteiger partial charge on any atom is 0.130 e. The number of anilines is 1. The molecule has 0 bridgehead atoms. The third-order valence-corrected chi connectivity index (χ3v) is 2.36. The summed E-state index contributed by atoms with van der Waals surface area (Å²) in [4.78, 5) is 8.21. The maximum absolute atomic E-state index is 5.74. The molecule has 2 aromatic heterocycles. The number of pyridine rings is 1. The second-order valence-corrected chi connectivity index (χ2v) is 3.55. The van der Waals surface area contributed by atoms with Crippen molar-refractivity contribution in [1.29, 1.82) is 0 Å². The second-order valence-electron chi connectivity index (χ2n) is 2.45. The van der Waals surface area contributed by atoms with E-state index in [-0.39, 0.29) is 0 Å². The van der Waals surface area contributed by atoms with E-state index >= 15 is 0 Å². The van der Waals surface area contributed by atoms with Gasteiger partial charge < -0.3 is 5.73 Å². The van der Waals surface area contributed by atoms with Crippen molar-refractivity contribution in [3.05, 3.63) is 28.2 Å². The predicted molar refractivity (Wildman–Crippen MR) is 54.8 cm³/mol. The largest absolute Gasteiger partial charge is 0.397 e. The summed E-state index contributed by atoms with van der Waals surface area (Å²) in [5.41, 5.74) is 9.47. The molecule has 66 valence electrons. The topological polar surface area (TPSA) is 51.8 Å². The Morgan fingerprint density at radius 2 is 2.23 bits per heavy atom. The van der Waals surface area contributed by atoms with Crippen LogP contribution in [0.5, 0.6) is 0 Å². The highest BCUT2D eigenvalue weighted by Gasteiger charge is 2.06. The number of nitrogen functional groups attached to an aromatic ring is 1. The molecule has 0 amide bonds. The van der Waals surface area contributed by atoms with Crippen molar-refractivity contribution in [2.75, 3.05) is 5.73 Å². The third-order valence-electron chi connectivity index (χ3n) is 1.57. The van der Waals surface area contributed by atoms with Gasteiger partial charge in [0.15, 0.2) is 0 Å². The summed E-state index contributed by atoms with van der Waals surface area (Å²) in [6.07, 6.45) is 0. The molecule has 2 heterocycles.